The average molecular weight is 203 g/mol. The molecule has 0 aromatic heterocycles. The van der Waals surface area contributed by atoms with Gasteiger partial charge < -0.3 is 0 Å². The first-order chi connectivity index (χ1) is 6.31. The third-order valence-electron chi connectivity index (χ3n) is 1.69. The number of hydrogen-bond donors (Lipinski definition) is 0. The highest BCUT2D eigenvalue weighted by Crippen LogP contribution is 2.24. The van der Waals surface area contributed by atoms with Gasteiger partial charge in [-0.3, -0.25) is 0 Å². The molecule has 0 aliphatic heterocycles. The van der Waals surface area contributed by atoms with Gasteiger partial charge in [0.05, 0.1) is 0 Å². The third kappa shape index (κ3) is 9.72. The first-order valence-electron chi connectivity index (χ1n) is 4.99. The standard InChI is InChI=1S/C10H20O2P/c1-3-5-6-7-8-10-13(11)12-9-4-2/h3H,1,4-10H2,2H3/q+1. The molecule has 0 amide bonds. The van der Waals surface area contributed by atoms with E-state index in [1.54, 1.807) is 0 Å². The van der Waals surface area contributed by atoms with Gasteiger partial charge in [0.15, 0.2) is 6.16 Å². The maximum Gasteiger partial charge on any atom is 0.508 e. The number of rotatable bonds is 9. The van der Waals surface area contributed by atoms with Crippen molar-refractivity contribution in [3.05, 3.63) is 12.7 Å². The fourth-order valence-electron chi connectivity index (χ4n) is 0.964. The molecule has 0 heterocycles. The molecule has 0 spiro atoms. The molecule has 0 aliphatic carbocycles. The van der Waals surface area contributed by atoms with E-state index < -0.39 is 8.03 Å². The van der Waals surface area contributed by atoms with E-state index in [1.165, 1.54) is 0 Å². The van der Waals surface area contributed by atoms with E-state index in [0.717, 1.165) is 32.1 Å². The van der Waals surface area contributed by atoms with Gasteiger partial charge in [-0.25, -0.2) is 0 Å². The van der Waals surface area contributed by atoms with Crippen molar-refractivity contribution in [2.24, 2.45) is 0 Å². The van der Waals surface area contributed by atoms with E-state index in [9.17, 15) is 4.57 Å². The first-order valence-corrected chi connectivity index (χ1v) is 6.36. The van der Waals surface area contributed by atoms with Gasteiger partial charge in [0.2, 0.25) is 0 Å². The van der Waals surface area contributed by atoms with Crippen LogP contribution in [0.3, 0.4) is 0 Å². The zero-order valence-electron chi connectivity index (χ0n) is 8.50. The molecule has 2 nitrogen and oxygen atoms in total. The molecule has 0 rings (SSSR count). The van der Waals surface area contributed by atoms with Gasteiger partial charge in [0.25, 0.3) is 0 Å². The Labute approximate surface area is 82.2 Å². The minimum atomic E-state index is -1.38. The predicted molar refractivity (Wildman–Crippen MR) is 57.4 cm³/mol. The quantitative estimate of drug-likeness (QED) is 0.322. The molecule has 0 N–H and O–H groups in total. The molecule has 3 heteroatoms. The highest BCUT2D eigenvalue weighted by molar-refractivity contribution is 7.39. The maximum atomic E-state index is 11.1. The van der Waals surface area contributed by atoms with E-state index in [4.69, 9.17) is 4.52 Å². The van der Waals surface area contributed by atoms with Crippen molar-refractivity contribution in [2.75, 3.05) is 12.8 Å². The lowest BCUT2D eigenvalue weighted by atomic mass is 10.2. The molecule has 0 aromatic rings. The van der Waals surface area contributed by atoms with E-state index in [1.807, 2.05) is 13.0 Å². The third-order valence-corrected chi connectivity index (χ3v) is 2.84. The molecule has 13 heavy (non-hydrogen) atoms. The molecule has 0 bridgehead atoms. The van der Waals surface area contributed by atoms with Gasteiger partial charge in [0, 0.05) is 0 Å². The van der Waals surface area contributed by atoms with E-state index >= 15 is 0 Å². The Bertz CT molecular complexity index is 146. The summed E-state index contributed by atoms with van der Waals surface area (Å²) in [6.07, 6.45) is 7.93. The smallest absolute Gasteiger partial charge is 0.146 e. The minimum absolute atomic E-state index is 0.627. The second-order valence-electron chi connectivity index (χ2n) is 3.03. The van der Waals surface area contributed by atoms with Crippen LogP contribution in [0.25, 0.3) is 0 Å². The van der Waals surface area contributed by atoms with Crippen LogP contribution in [-0.2, 0) is 9.09 Å². The lowest BCUT2D eigenvalue weighted by molar-refractivity contribution is 0.328. The Balaban J connectivity index is 3.12. The second kappa shape index (κ2) is 9.88. The molecule has 0 saturated carbocycles. The fraction of sp³-hybridized carbons (Fsp3) is 0.800. The summed E-state index contributed by atoms with van der Waals surface area (Å²) in [5.41, 5.74) is 0. The fourth-order valence-corrected chi connectivity index (χ4v) is 1.96. The van der Waals surface area contributed by atoms with Crippen LogP contribution < -0.4 is 0 Å². The van der Waals surface area contributed by atoms with Crippen molar-refractivity contribution in [3.63, 3.8) is 0 Å². The maximum absolute atomic E-state index is 11.1. The minimum Gasteiger partial charge on any atom is -0.146 e. The molecule has 0 aliphatic rings. The topological polar surface area (TPSA) is 26.3 Å². The van der Waals surface area contributed by atoms with Crippen molar-refractivity contribution in [3.8, 4) is 0 Å². The van der Waals surface area contributed by atoms with Crippen molar-refractivity contribution >= 4 is 8.03 Å². The molecule has 76 valence electrons. The first kappa shape index (κ1) is 12.8. The van der Waals surface area contributed by atoms with Crippen LogP contribution >= 0.6 is 8.03 Å². The predicted octanol–water partition coefficient (Wildman–Crippen LogP) is 3.90. The highest BCUT2D eigenvalue weighted by atomic mass is 31.1. The molecular formula is C10H20O2P+. The SMILES string of the molecule is C=CCCCCC[P+](=O)OCCC. The van der Waals surface area contributed by atoms with Crippen LogP contribution in [0.1, 0.15) is 39.0 Å². The zero-order chi connectivity index (χ0) is 9.94. The zero-order valence-corrected chi connectivity index (χ0v) is 9.39. The Morgan fingerprint density at radius 2 is 2.15 bits per heavy atom. The molecule has 0 radical (unpaired) electrons. The van der Waals surface area contributed by atoms with Crippen molar-refractivity contribution in [1.29, 1.82) is 0 Å². The average Bonchev–Trinajstić information content (AvgIpc) is 2.14. The molecule has 1 unspecified atom stereocenters. The van der Waals surface area contributed by atoms with Crippen LogP contribution in [0.2, 0.25) is 0 Å². The number of hydrogen-bond acceptors (Lipinski definition) is 2. The van der Waals surface area contributed by atoms with Crippen LogP contribution in [0.15, 0.2) is 12.7 Å². The van der Waals surface area contributed by atoms with E-state index in [2.05, 4.69) is 6.58 Å². The lowest BCUT2D eigenvalue weighted by Crippen LogP contribution is -1.87. The van der Waals surface area contributed by atoms with Crippen molar-refractivity contribution in [2.45, 2.75) is 39.0 Å². The number of unbranched alkanes of at least 4 members (excludes halogenated alkanes) is 3. The summed E-state index contributed by atoms with van der Waals surface area (Å²) < 4.78 is 16.2. The summed E-state index contributed by atoms with van der Waals surface area (Å²) >= 11 is 0. The monoisotopic (exact) mass is 203 g/mol. The molecule has 0 fully saturated rings. The molecular weight excluding hydrogens is 183 g/mol. The summed E-state index contributed by atoms with van der Waals surface area (Å²) in [6.45, 7) is 6.30. The van der Waals surface area contributed by atoms with Gasteiger partial charge in [-0.2, -0.15) is 0 Å². The summed E-state index contributed by atoms with van der Waals surface area (Å²) in [5.74, 6) is 0. The second-order valence-corrected chi connectivity index (χ2v) is 4.40. The summed E-state index contributed by atoms with van der Waals surface area (Å²) in [7, 11) is -1.38. The molecule has 0 aromatic carbocycles. The Morgan fingerprint density at radius 3 is 2.77 bits per heavy atom. The molecule has 1 atom stereocenters. The van der Waals surface area contributed by atoms with Gasteiger partial charge in [-0.05, 0) is 36.7 Å². The van der Waals surface area contributed by atoms with Crippen molar-refractivity contribution in [1.82, 2.24) is 0 Å². The highest BCUT2D eigenvalue weighted by Gasteiger charge is 2.14. The number of allylic oxidation sites excluding steroid dienone is 1. The van der Waals surface area contributed by atoms with Gasteiger partial charge >= 0.3 is 8.03 Å². The van der Waals surface area contributed by atoms with Crippen molar-refractivity contribution < 1.29 is 9.09 Å². The molecule has 0 saturated heterocycles. The van der Waals surface area contributed by atoms with Crippen LogP contribution in [-0.4, -0.2) is 12.8 Å². The summed E-state index contributed by atoms with van der Waals surface area (Å²) in [4.78, 5) is 0. The summed E-state index contributed by atoms with van der Waals surface area (Å²) in [5, 5.41) is 0. The lowest BCUT2D eigenvalue weighted by Gasteiger charge is -1.91. The summed E-state index contributed by atoms with van der Waals surface area (Å²) in [6, 6.07) is 0. The Kier molecular flexibility index (Phi) is 9.73. The Morgan fingerprint density at radius 1 is 1.38 bits per heavy atom. The largest absolute Gasteiger partial charge is 0.508 e. The van der Waals surface area contributed by atoms with Crippen LogP contribution in [0, 0.1) is 0 Å². The van der Waals surface area contributed by atoms with Gasteiger partial charge in [-0.15, -0.1) is 11.1 Å². The van der Waals surface area contributed by atoms with E-state index in [0.29, 0.717) is 12.8 Å². The van der Waals surface area contributed by atoms with Gasteiger partial charge in [0.1, 0.15) is 6.61 Å². The Hall–Kier alpha value is -0.200. The van der Waals surface area contributed by atoms with E-state index in [-0.39, 0.29) is 0 Å². The van der Waals surface area contributed by atoms with Crippen LogP contribution in [0.4, 0.5) is 0 Å². The normalized spacial score (nSPS) is 11.3. The van der Waals surface area contributed by atoms with Gasteiger partial charge in [-0.1, -0.05) is 13.0 Å². The van der Waals surface area contributed by atoms with Crippen LogP contribution in [0.5, 0.6) is 0 Å².